The second kappa shape index (κ2) is 11.5. The van der Waals surface area contributed by atoms with Crippen LogP contribution in [0.3, 0.4) is 0 Å². The normalized spacial score (nSPS) is 46.9. The Balaban J connectivity index is 1.50. The fourth-order valence-corrected chi connectivity index (χ4v) is 10.3. The zero-order valence-electron chi connectivity index (χ0n) is 26.1. The molecule has 0 spiro atoms. The third-order valence-corrected chi connectivity index (χ3v) is 12.1. The van der Waals surface area contributed by atoms with Gasteiger partial charge in [-0.15, -0.1) is 0 Å². The molecule has 13 atom stereocenters. The minimum absolute atomic E-state index is 0.0214. The molecule has 238 valence electrons. The highest BCUT2D eigenvalue weighted by Gasteiger charge is 2.84. The number of ether oxygens (including phenoxy) is 3. The highest BCUT2D eigenvalue weighted by atomic mass is 16.6. The Morgan fingerprint density at radius 1 is 1.12 bits per heavy atom. The Morgan fingerprint density at radius 2 is 1.84 bits per heavy atom. The summed E-state index contributed by atoms with van der Waals surface area (Å²) in [7, 11) is 1.52. The number of methoxy groups -OCH3 is 1. The molecule has 0 aromatic heterocycles. The van der Waals surface area contributed by atoms with Crippen molar-refractivity contribution >= 4 is 18.2 Å². The second-order valence-electron chi connectivity index (χ2n) is 14.1. The summed E-state index contributed by atoms with van der Waals surface area (Å²) < 4.78 is 18.0. The van der Waals surface area contributed by atoms with Gasteiger partial charge in [0.25, 0.3) is 0 Å². The minimum Gasteiger partial charge on any atom is -0.481 e. The molecule has 4 fully saturated rings. The zero-order chi connectivity index (χ0) is 31.5. The van der Waals surface area contributed by atoms with Gasteiger partial charge in [-0.3, -0.25) is 4.79 Å². The van der Waals surface area contributed by atoms with Crippen LogP contribution in [0.4, 0.5) is 0 Å². The van der Waals surface area contributed by atoms with E-state index < -0.39 is 58.7 Å². The van der Waals surface area contributed by atoms with Crippen LogP contribution in [0.1, 0.15) is 60.3 Å². The lowest BCUT2D eigenvalue weighted by Crippen LogP contribution is -2.64. The number of aliphatic hydroxyl groups is 2. The molecule has 0 aromatic carbocycles. The van der Waals surface area contributed by atoms with Gasteiger partial charge in [0, 0.05) is 18.6 Å². The number of carboxylic acid groups (broad SMARTS) is 1. The van der Waals surface area contributed by atoms with Crippen LogP contribution in [-0.2, 0) is 28.6 Å². The van der Waals surface area contributed by atoms with Crippen molar-refractivity contribution in [3.8, 4) is 0 Å². The number of carbonyl (C=O) groups excluding carboxylic acids is 2. The van der Waals surface area contributed by atoms with Gasteiger partial charge < -0.3 is 34.3 Å². The molecular weight excluding hydrogens is 552 g/mol. The lowest BCUT2D eigenvalue weighted by molar-refractivity contribution is -0.216. The van der Waals surface area contributed by atoms with E-state index in [2.05, 4.69) is 6.08 Å². The molecule has 3 N–H and O–H groups in total. The second-order valence-corrected chi connectivity index (χ2v) is 14.1. The molecule has 4 bridgehead atoms. The van der Waals surface area contributed by atoms with Gasteiger partial charge in [0.05, 0.1) is 30.3 Å². The molecule has 0 heterocycles. The van der Waals surface area contributed by atoms with Crippen molar-refractivity contribution in [3.63, 3.8) is 0 Å². The summed E-state index contributed by atoms with van der Waals surface area (Å²) >= 11 is 0. The SMILES string of the molecule is C/C=C/C=C\C(=O)O[C@H]1[C@H](O)[C@H](OCC23CC4C(C[C@@H](O)[C@H]4C)C4(C=O)CC2C=C(C(C)C)[C@]43C(=O)O)C[C@H](C)[C@H]1OC. The summed E-state index contributed by atoms with van der Waals surface area (Å²) in [6.07, 6.45) is 7.04. The average Bonchev–Trinajstić information content (AvgIpc) is 3.48. The largest absolute Gasteiger partial charge is 0.481 e. The van der Waals surface area contributed by atoms with Gasteiger partial charge in [-0.25, -0.2) is 4.79 Å². The van der Waals surface area contributed by atoms with E-state index in [4.69, 9.17) is 14.2 Å². The number of hydrogen-bond acceptors (Lipinski definition) is 8. The number of esters is 1. The molecule has 0 aliphatic heterocycles. The standard InChI is InChI=1S/C34H48O9/c1-7-8-9-10-27(37)43-30-28(38)26(11-19(4)29(30)41-6)42-17-33-15-22-20(5)25(36)13-24(22)32(16-35)14-21(33)12-23(18(2)3)34(32,33)31(39)40/h7-10,12,16,18-22,24-26,28-30,36,38H,11,13-15,17H2,1-6H3,(H,39,40)/b8-7+,10-9-/t19-,20-,21?,22?,24?,25+,26+,28+,29+,30-,32?,33?,34-/m0/s1. The molecule has 5 aliphatic rings. The van der Waals surface area contributed by atoms with Crippen molar-refractivity contribution in [2.24, 2.45) is 51.8 Å². The van der Waals surface area contributed by atoms with Gasteiger partial charge in [-0.2, -0.15) is 0 Å². The third-order valence-electron chi connectivity index (χ3n) is 12.1. The van der Waals surface area contributed by atoms with Crippen molar-refractivity contribution in [2.75, 3.05) is 13.7 Å². The summed E-state index contributed by atoms with van der Waals surface area (Å²) in [6.45, 7) is 9.77. The summed E-state index contributed by atoms with van der Waals surface area (Å²) in [5, 5.41) is 33.6. The fraction of sp³-hybridized carbons (Fsp3) is 0.735. The van der Waals surface area contributed by atoms with Crippen LogP contribution >= 0.6 is 0 Å². The molecule has 0 aromatic rings. The van der Waals surface area contributed by atoms with Crippen LogP contribution in [-0.4, -0.2) is 77.8 Å². The Morgan fingerprint density at radius 3 is 2.44 bits per heavy atom. The smallest absolute Gasteiger partial charge is 0.331 e. The summed E-state index contributed by atoms with van der Waals surface area (Å²) in [5.41, 5.74) is -2.75. The van der Waals surface area contributed by atoms with E-state index in [1.54, 1.807) is 18.2 Å². The molecule has 9 heteroatoms. The van der Waals surface area contributed by atoms with Crippen LogP contribution in [0.2, 0.25) is 0 Å². The first-order chi connectivity index (χ1) is 20.4. The number of carbonyl (C=O) groups is 3. The molecule has 0 saturated heterocycles. The van der Waals surface area contributed by atoms with E-state index >= 15 is 0 Å². The molecule has 5 aliphatic carbocycles. The number of carboxylic acids is 1. The van der Waals surface area contributed by atoms with Crippen LogP contribution in [0.15, 0.2) is 36.0 Å². The first-order valence-electron chi connectivity index (χ1n) is 15.8. The number of rotatable bonds is 10. The first kappa shape index (κ1) is 32.1. The van der Waals surface area contributed by atoms with Crippen LogP contribution in [0, 0.1) is 51.8 Å². The van der Waals surface area contributed by atoms with Crippen LogP contribution < -0.4 is 0 Å². The Bertz CT molecular complexity index is 1210. The molecule has 5 rings (SSSR count). The first-order valence-corrected chi connectivity index (χ1v) is 15.8. The zero-order valence-corrected chi connectivity index (χ0v) is 26.1. The third kappa shape index (κ3) is 4.36. The predicted octanol–water partition coefficient (Wildman–Crippen LogP) is 3.73. The summed E-state index contributed by atoms with van der Waals surface area (Å²) in [4.78, 5) is 39.6. The van der Waals surface area contributed by atoms with Crippen molar-refractivity contribution in [3.05, 3.63) is 36.0 Å². The lowest BCUT2D eigenvalue weighted by atomic mass is 9.43. The van der Waals surface area contributed by atoms with Crippen molar-refractivity contribution < 1.29 is 43.9 Å². The summed E-state index contributed by atoms with van der Waals surface area (Å²) in [6, 6.07) is 0. The van der Waals surface area contributed by atoms with E-state index in [0.29, 0.717) is 25.7 Å². The van der Waals surface area contributed by atoms with Crippen molar-refractivity contribution in [1.82, 2.24) is 0 Å². The van der Waals surface area contributed by atoms with Crippen LogP contribution in [0.25, 0.3) is 0 Å². The van der Waals surface area contributed by atoms with Crippen molar-refractivity contribution in [1.29, 1.82) is 0 Å². The predicted molar refractivity (Wildman–Crippen MR) is 158 cm³/mol. The van der Waals surface area contributed by atoms with E-state index in [9.17, 15) is 29.7 Å². The van der Waals surface area contributed by atoms with Gasteiger partial charge in [-0.05, 0) is 68.1 Å². The molecule has 4 saturated carbocycles. The highest BCUT2D eigenvalue weighted by molar-refractivity contribution is 5.90. The van der Waals surface area contributed by atoms with Gasteiger partial charge in [0.15, 0.2) is 6.10 Å². The van der Waals surface area contributed by atoms with E-state index in [-0.39, 0.29) is 42.1 Å². The van der Waals surface area contributed by atoms with Gasteiger partial charge in [-0.1, -0.05) is 57.6 Å². The van der Waals surface area contributed by atoms with Gasteiger partial charge >= 0.3 is 11.9 Å². The summed E-state index contributed by atoms with van der Waals surface area (Å²) in [5.74, 6) is -2.34. The van der Waals surface area contributed by atoms with E-state index in [0.717, 1.165) is 11.9 Å². The maximum atomic E-state index is 13.7. The minimum atomic E-state index is -1.46. The maximum Gasteiger partial charge on any atom is 0.331 e. The number of allylic oxidation sites excluding steroid dienone is 4. The Hall–Kier alpha value is -2.33. The molecule has 0 radical (unpaired) electrons. The van der Waals surface area contributed by atoms with E-state index in [1.165, 1.54) is 13.2 Å². The molecule has 9 nitrogen and oxygen atoms in total. The number of hydrogen-bond donors (Lipinski definition) is 3. The monoisotopic (exact) mass is 600 g/mol. The highest BCUT2D eigenvalue weighted by Crippen LogP contribution is 2.82. The quantitative estimate of drug-likeness (QED) is 0.113. The molecular formula is C34H48O9. The Labute approximate surface area is 254 Å². The topological polar surface area (TPSA) is 140 Å². The van der Waals surface area contributed by atoms with Crippen LogP contribution in [0.5, 0.6) is 0 Å². The lowest BCUT2D eigenvalue weighted by Gasteiger charge is -2.58. The molecule has 5 unspecified atom stereocenters. The maximum absolute atomic E-state index is 13.7. The Kier molecular flexibility index (Phi) is 8.61. The molecule has 0 amide bonds. The van der Waals surface area contributed by atoms with E-state index in [1.807, 2.05) is 34.6 Å². The van der Waals surface area contributed by atoms with Gasteiger partial charge in [0.1, 0.15) is 17.8 Å². The average molecular weight is 601 g/mol. The molecule has 43 heavy (non-hydrogen) atoms. The number of aldehydes is 1. The van der Waals surface area contributed by atoms with Crippen molar-refractivity contribution in [2.45, 2.75) is 90.8 Å². The number of aliphatic carboxylic acids is 1. The number of aliphatic hydroxyl groups excluding tert-OH is 2. The fourth-order valence-electron chi connectivity index (χ4n) is 10.3. The number of fused-ring (bicyclic) bond motifs is 2. The van der Waals surface area contributed by atoms with Gasteiger partial charge in [0.2, 0.25) is 0 Å².